The van der Waals surface area contributed by atoms with Crippen LogP contribution in [0, 0.1) is 17.5 Å². The number of nitrogens with zero attached hydrogens (tertiary/aromatic N) is 3. The van der Waals surface area contributed by atoms with Gasteiger partial charge in [-0.05, 0) is 88.7 Å². The molecule has 0 spiro atoms. The highest BCUT2D eigenvalue weighted by atomic mass is 32.2. The zero-order chi connectivity index (χ0) is 29.4. The molecule has 11 heteroatoms. The van der Waals surface area contributed by atoms with Crippen LogP contribution in [0.3, 0.4) is 0 Å². The first-order valence-corrected chi connectivity index (χ1v) is 15.1. The van der Waals surface area contributed by atoms with Gasteiger partial charge < -0.3 is 10.6 Å². The van der Waals surface area contributed by atoms with Gasteiger partial charge >= 0.3 is 0 Å². The summed E-state index contributed by atoms with van der Waals surface area (Å²) in [5.74, 6) is -2.97. The normalized spacial score (nSPS) is 14.8. The second-order valence-electron chi connectivity index (χ2n) is 11.3. The maximum Gasteiger partial charge on any atom is 0.185 e. The first-order valence-electron chi connectivity index (χ1n) is 13.4. The van der Waals surface area contributed by atoms with E-state index in [9.17, 15) is 17.2 Å². The van der Waals surface area contributed by atoms with Gasteiger partial charge in [0.2, 0.25) is 0 Å². The predicted molar refractivity (Wildman–Crippen MR) is 153 cm³/mol. The number of halogens is 3. The Balaban J connectivity index is 1.59. The van der Waals surface area contributed by atoms with E-state index in [4.69, 9.17) is 5.10 Å². The van der Waals surface area contributed by atoms with Gasteiger partial charge in [-0.15, -0.1) is 0 Å². The number of benzene rings is 2. The molecule has 0 atom stereocenters. The number of nitrogens with one attached hydrogen (secondary N) is 2. The highest BCUT2D eigenvalue weighted by Crippen LogP contribution is 2.37. The van der Waals surface area contributed by atoms with Crippen molar-refractivity contribution in [2.75, 3.05) is 18.4 Å². The lowest BCUT2D eigenvalue weighted by molar-refractivity contribution is 0.343. The van der Waals surface area contributed by atoms with E-state index in [-0.39, 0.29) is 22.7 Å². The summed E-state index contributed by atoms with van der Waals surface area (Å²) in [5, 5.41) is 11.5. The molecule has 3 heterocycles. The van der Waals surface area contributed by atoms with Crippen molar-refractivity contribution < 1.29 is 21.6 Å². The molecule has 2 N–H and O–H groups in total. The highest BCUT2D eigenvalue weighted by Gasteiger charge is 2.26. The molecule has 2 aromatic carbocycles. The Morgan fingerprint density at radius 2 is 1.78 bits per heavy atom. The molecule has 1 aliphatic heterocycles. The number of rotatable bonds is 7. The Hall–Kier alpha value is -3.70. The van der Waals surface area contributed by atoms with E-state index in [1.807, 2.05) is 43.8 Å². The standard InChI is InChI=1S/C30H32F3N5O2S/c1-30(2,3)36-27-15-19(9-14-35-27)24-17-38(22-10-12-34-13-11-22)37-29(24)23-6-4-5-20(28(23)33)18-41(39,40)26-16-21(31)7-8-25(26)32/h4-9,14-17,22,34H,10-13,18H2,1-3H3,(H,35,36). The fourth-order valence-electron chi connectivity index (χ4n) is 4.98. The summed E-state index contributed by atoms with van der Waals surface area (Å²) in [6.07, 6.45) is 5.27. The highest BCUT2D eigenvalue weighted by molar-refractivity contribution is 7.90. The molecule has 0 radical (unpaired) electrons. The third-order valence-corrected chi connectivity index (χ3v) is 8.57. The van der Waals surface area contributed by atoms with E-state index in [2.05, 4.69) is 15.6 Å². The molecule has 5 rings (SSSR count). The van der Waals surface area contributed by atoms with Crippen molar-refractivity contribution in [3.8, 4) is 22.4 Å². The van der Waals surface area contributed by atoms with E-state index in [1.165, 1.54) is 12.1 Å². The van der Waals surface area contributed by atoms with Crippen LogP contribution in [0.4, 0.5) is 19.0 Å². The van der Waals surface area contributed by atoms with Gasteiger partial charge in [0, 0.05) is 34.6 Å². The van der Waals surface area contributed by atoms with E-state index in [0.717, 1.165) is 43.6 Å². The van der Waals surface area contributed by atoms with Gasteiger partial charge in [0.15, 0.2) is 9.84 Å². The molecule has 0 unspecified atom stereocenters. The Bertz CT molecular complexity index is 1680. The van der Waals surface area contributed by atoms with Crippen LogP contribution >= 0.6 is 0 Å². The number of aromatic nitrogens is 3. The Kier molecular flexibility index (Phi) is 7.93. The Labute approximate surface area is 237 Å². The quantitative estimate of drug-likeness (QED) is 0.272. The Morgan fingerprint density at radius 1 is 1.02 bits per heavy atom. The zero-order valence-corrected chi connectivity index (χ0v) is 23.9. The SMILES string of the molecule is CC(C)(C)Nc1cc(-c2cn(C3CCNCC3)nc2-c2cccc(CS(=O)(=O)c3cc(F)ccc3F)c2F)ccn1. The molecule has 216 valence electrons. The number of pyridine rings is 1. The summed E-state index contributed by atoms with van der Waals surface area (Å²) >= 11 is 0. The van der Waals surface area contributed by atoms with Crippen LogP contribution in [0.15, 0.2) is 65.8 Å². The molecule has 0 bridgehead atoms. The van der Waals surface area contributed by atoms with Crippen LogP contribution in [-0.2, 0) is 15.6 Å². The molecule has 4 aromatic rings. The van der Waals surface area contributed by atoms with Gasteiger partial charge in [-0.25, -0.2) is 26.6 Å². The molecule has 1 fully saturated rings. The minimum Gasteiger partial charge on any atom is -0.365 e. The lowest BCUT2D eigenvalue weighted by Gasteiger charge is -2.22. The van der Waals surface area contributed by atoms with Gasteiger partial charge in [-0.3, -0.25) is 4.68 Å². The van der Waals surface area contributed by atoms with Crippen LogP contribution in [-0.4, -0.2) is 41.8 Å². The van der Waals surface area contributed by atoms with Gasteiger partial charge in [0.1, 0.15) is 33.9 Å². The first-order chi connectivity index (χ1) is 19.4. The number of hydrogen-bond donors (Lipinski definition) is 2. The van der Waals surface area contributed by atoms with Crippen molar-refractivity contribution >= 4 is 15.7 Å². The summed E-state index contributed by atoms with van der Waals surface area (Å²) in [5.41, 5.74) is 1.49. The van der Waals surface area contributed by atoms with E-state index >= 15 is 4.39 Å². The fraction of sp³-hybridized carbons (Fsp3) is 0.333. The number of sulfone groups is 1. The van der Waals surface area contributed by atoms with E-state index in [0.29, 0.717) is 23.1 Å². The summed E-state index contributed by atoms with van der Waals surface area (Å²) in [7, 11) is -4.39. The minimum absolute atomic E-state index is 0.111. The van der Waals surface area contributed by atoms with Crippen LogP contribution < -0.4 is 10.6 Å². The third kappa shape index (κ3) is 6.46. The topological polar surface area (TPSA) is 88.9 Å². The number of anilines is 1. The van der Waals surface area contributed by atoms with Gasteiger partial charge in [-0.2, -0.15) is 5.10 Å². The molecular formula is C30H32F3N5O2S. The van der Waals surface area contributed by atoms with Crippen molar-refractivity contribution in [2.45, 2.75) is 55.8 Å². The number of piperidine rings is 1. The summed E-state index contributed by atoms with van der Waals surface area (Å²) < 4.78 is 72.0. The minimum atomic E-state index is -4.39. The smallest absolute Gasteiger partial charge is 0.185 e. The summed E-state index contributed by atoms with van der Waals surface area (Å²) in [6.45, 7) is 7.73. The van der Waals surface area contributed by atoms with Crippen LogP contribution in [0.2, 0.25) is 0 Å². The van der Waals surface area contributed by atoms with Crippen molar-refractivity contribution in [3.63, 3.8) is 0 Å². The largest absolute Gasteiger partial charge is 0.365 e. The summed E-state index contributed by atoms with van der Waals surface area (Å²) in [6, 6.07) is 10.4. The molecule has 0 aliphatic carbocycles. The van der Waals surface area contributed by atoms with Crippen molar-refractivity contribution in [1.82, 2.24) is 20.1 Å². The second-order valence-corrected chi connectivity index (χ2v) is 13.2. The maximum absolute atomic E-state index is 16.1. The monoisotopic (exact) mass is 583 g/mol. The maximum atomic E-state index is 16.1. The van der Waals surface area contributed by atoms with Crippen molar-refractivity contribution in [2.24, 2.45) is 0 Å². The average molecular weight is 584 g/mol. The van der Waals surface area contributed by atoms with Crippen molar-refractivity contribution in [3.05, 3.63) is 83.9 Å². The van der Waals surface area contributed by atoms with Crippen molar-refractivity contribution in [1.29, 1.82) is 0 Å². The molecule has 0 saturated carbocycles. The van der Waals surface area contributed by atoms with Crippen LogP contribution in [0.5, 0.6) is 0 Å². The molecule has 7 nitrogen and oxygen atoms in total. The lowest BCUT2D eigenvalue weighted by Crippen LogP contribution is -2.29. The molecule has 1 aliphatic rings. The van der Waals surface area contributed by atoms with Crippen LogP contribution in [0.1, 0.15) is 45.2 Å². The Morgan fingerprint density at radius 3 is 2.51 bits per heavy atom. The van der Waals surface area contributed by atoms with E-state index in [1.54, 1.807) is 12.3 Å². The predicted octanol–water partition coefficient (Wildman–Crippen LogP) is 6.14. The summed E-state index contributed by atoms with van der Waals surface area (Å²) in [4.78, 5) is 3.61. The fourth-order valence-corrected chi connectivity index (χ4v) is 6.43. The van der Waals surface area contributed by atoms with E-state index < -0.39 is 37.9 Å². The molecule has 41 heavy (non-hydrogen) atoms. The van der Waals surface area contributed by atoms with Crippen LogP contribution in [0.25, 0.3) is 22.4 Å². The zero-order valence-electron chi connectivity index (χ0n) is 23.1. The lowest BCUT2D eigenvalue weighted by atomic mass is 10.00. The molecule has 0 amide bonds. The van der Waals surface area contributed by atoms with Gasteiger partial charge in [0.05, 0.1) is 11.8 Å². The van der Waals surface area contributed by atoms with Gasteiger partial charge in [0.25, 0.3) is 0 Å². The molecule has 2 aromatic heterocycles. The first kappa shape index (κ1) is 28.8. The number of hydrogen-bond acceptors (Lipinski definition) is 6. The average Bonchev–Trinajstić information content (AvgIpc) is 3.36. The molecule has 1 saturated heterocycles. The molecular weight excluding hydrogens is 551 g/mol. The van der Waals surface area contributed by atoms with Gasteiger partial charge in [-0.1, -0.05) is 12.1 Å². The second kappa shape index (κ2) is 11.3. The third-order valence-electron chi connectivity index (χ3n) is 6.90.